The molecule has 3 rings (SSSR count). The Morgan fingerprint density at radius 2 is 1.96 bits per heavy atom. The molecule has 0 radical (unpaired) electrons. The lowest BCUT2D eigenvalue weighted by atomic mass is 10.2. The Hall–Kier alpha value is -3.30. The second-order valence-electron chi connectivity index (χ2n) is 5.49. The van der Waals surface area contributed by atoms with E-state index in [1.54, 1.807) is 36.5 Å². The maximum Gasteiger partial charge on any atom is 0.405 e. The minimum Gasteiger partial charge on any atom is -0.360 e. The maximum absolute atomic E-state index is 12.5. The van der Waals surface area contributed by atoms with Gasteiger partial charge in [0, 0.05) is 24.5 Å². The Balaban J connectivity index is 1.87. The van der Waals surface area contributed by atoms with E-state index in [0.717, 1.165) is 0 Å². The lowest BCUT2D eigenvalue weighted by Gasteiger charge is -2.12. The van der Waals surface area contributed by atoms with Crippen LogP contribution >= 0.6 is 0 Å². The molecule has 26 heavy (non-hydrogen) atoms. The van der Waals surface area contributed by atoms with Crippen LogP contribution in [0.2, 0.25) is 0 Å². The zero-order valence-corrected chi connectivity index (χ0v) is 13.6. The average molecular weight is 364 g/mol. The van der Waals surface area contributed by atoms with Gasteiger partial charge in [0.05, 0.1) is 5.39 Å². The number of hydrogen-bond donors (Lipinski definition) is 4. The van der Waals surface area contributed by atoms with Crippen molar-refractivity contribution in [2.75, 3.05) is 22.5 Å². The molecule has 3 aromatic rings. The van der Waals surface area contributed by atoms with Crippen molar-refractivity contribution in [3.8, 4) is 0 Å². The number of hydrogen-bond acceptors (Lipinski definition) is 5. The molecule has 7 nitrogen and oxygen atoms in total. The molecule has 0 fully saturated rings. The summed E-state index contributed by atoms with van der Waals surface area (Å²) in [7, 11) is 0. The van der Waals surface area contributed by atoms with E-state index in [1.807, 2.05) is 0 Å². The molecule has 0 saturated carbocycles. The van der Waals surface area contributed by atoms with E-state index < -0.39 is 12.7 Å². The minimum absolute atomic E-state index is 0.0640. The number of H-pyrrole nitrogens is 1. The molecule has 1 amide bonds. The van der Waals surface area contributed by atoms with Gasteiger partial charge in [-0.3, -0.25) is 4.79 Å². The van der Waals surface area contributed by atoms with E-state index in [4.69, 9.17) is 0 Å². The highest BCUT2D eigenvalue weighted by Gasteiger charge is 2.27. The smallest absolute Gasteiger partial charge is 0.360 e. The predicted octanol–water partition coefficient (Wildman–Crippen LogP) is 3.63. The SMILES string of the molecule is CC(=O)Nc1cccc(Nc2nc(NCC(F)(F)F)c3cc[nH]c3n2)c1. The van der Waals surface area contributed by atoms with Crippen LogP contribution in [0.5, 0.6) is 0 Å². The fraction of sp³-hybridized carbons (Fsp3) is 0.188. The van der Waals surface area contributed by atoms with Crippen molar-refractivity contribution < 1.29 is 18.0 Å². The molecule has 0 aliphatic carbocycles. The molecule has 1 aromatic carbocycles. The second-order valence-corrected chi connectivity index (χ2v) is 5.49. The third-order valence-electron chi connectivity index (χ3n) is 3.31. The van der Waals surface area contributed by atoms with Crippen LogP contribution in [0.3, 0.4) is 0 Å². The number of halogens is 3. The lowest BCUT2D eigenvalue weighted by Crippen LogP contribution is -2.22. The predicted molar refractivity (Wildman–Crippen MR) is 92.5 cm³/mol. The van der Waals surface area contributed by atoms with Gasteiger partial charge in [0.2, 0.25) is 11.9 Å². The van der Waals surface area contributed by atoms with Gasteiger partial charge in [0.25, 0.3) is 0 Å². The minimum atomic E-state index is -4.37. The summed E-state index contributed by atoms with van der Waals surface area (Å²) < 4.78 is 37.5. The molecular weight excluding hydrogens is 349 g/mol. The number of aromatic nitrogens is 3. The number of benzene rings is 1. The first kappa shape index (κ1) is 17.5. The molecule has 136 valence electrons. The van der Waals surface area contributed by atoms with E-state index >= 15 is 0 Å². The number of alkyl halides is 3. The number of rotatable bonds is 5. The Labute approximate surface area is 146 Å². The number of carbonyl (C=O) groups excluding carboxylic acids is 1. The summed E-state index contributed by atoms with van der Waals surface area (Å²) in [5.74, 6) is -0.0384. The topological polar surface area (TPSA) is 94.7 Å². The normalized spacial score (nSPS) is 11.4. The summed E-state index contributed by atoms with van der Waals surface area (Å²) in [5.41, 5.74) is 1.54. The van der Waals surface area contributed by atoms with E-state index in [0.29, 0.717) is 22.4 Å². The maximum atomic E-state index is 12.5. The van der Waals surface area contributed by atoms with Crippen molar-refractivity contribution in [1.82, 2.24) is 15.0 Å². The lowest BCUT2D eigenvalue weighted by molar-refractivity contribution is -0.115. The van der Waals surface area contributed by atoms with Crippen molar-refractivity contribution in [3.05, 3.63) is 36.5 Å². The summed E-state index contributed by atoms with van der Waals surface area (Å²) in [6.45, 7) is 0.183. The number of nitrogens with one attached hydrogen (secondary N) is 4. The average Bonchev–Trinajstić information content (AvgIpc) is 3.00. The molecule has 0 unspecified atom stereocenters. The van der Waals surface area contributed by atoms with E-state index in [-0.39, 0.29) is 17.7 Å². The van der Waals surface area contributed by atoms with Crippen LogP contribution in [-0.2, 0) is 4.79 Å². The van der Waals surface area contributed by atoms with Gasteiger partial charge in [-0.15, -0.1) is 0 Å². The number of amides is 1. The number of nitrogens with zero attached hydrogens (tertiary/aromatic N) is 2. The van der Waals surface area contributed by atoms with Crippen molar-refractivity contribution in [1.29, 1.82) is 0 Å². The first-order valence-corrected chi connectivity index (χ1v) is 7.60. The van der Waals surface area contributed by atoms with Crippen molar-refractivity contribution >= 4 is 40.1 Å². The monoisotopic (exact) mass is 364 g/mol. The van der Waals surface area contributed by atoms with Crippen molar-refractivity contribution in [2.24, 2.45) is 0 Å². The molecule has 0 bridgehead atoms. The highest BCUT2D eigenvalue weighted by atomic mass is 19.4. The van der Waals surface area contributed by atoms with Crippen LogP contribution in [-0.4, -0.2) is 33.6 Å². The molecule has 0 aliphatic rings. The van der Waals surface area contributed by atoms with Crippen molar-refractivity contribution in [3.63, 3.8) is 0 Å². The molecule has 4 N–H and O–H groups in total. The van der Waals surface area contributed by atoms with Crippen LogP contribution in [0.4, 0.5) is 36.3 Å². The second kappa shape index (κ2) is 6.90. The van der Waals surface area contributed by atoms with Gasteiger partial charge in [-0.1, -0.05) is 6.07 Å². The van der Waals surface area contributed by atoms with Crippen LogP contribution < -0.4 is 16.0 Å². The summed E-state index contributed by atoms with van der Waals surface area (Å²) in [4.78, 5) is 22.3. The molecule has 2 aromatic heterocycles. The summed E-state index contributed by atoms with van der Waals surface area (Å²) in [5, 5.41) is 8.30. The molecular formula is C16H15F3N6O. The first-order chi connectivity index (χ1) is 12.3. The Morgan fingerprint density at radius 3 is 2.69 bits per heavy atom. The van der Waals surface area contributed by atoms with Crippen LogP contribution in [0, 0.1) is 0 Å². The molecule has 10 heteroatoms. The van der Waals surface area contributed by atoms with Gasteiger partial charge >= 0.3 is 6.18 Å². The third-order valence-corrected chi connectivity index (χ3v) is 3.31. The van der Waals surface area contributed by atoms with Gasteiger partial charge in [0.15, 0.2) is 0 Å². The van der Waals surface area contributed by atoms with Crippen LogP contribution in [0.15, 0.2) is 36.5 Å². The van der Waals surface area contributed by atoms with E-state index in [2.05, 4.69) is 30.9 Å². The summed E-state index contributed by atoms with van der Waals surface area (Å²) in [6, 6.07) is 8.39. The first-order valence-electron chi connectivity index (χ1n) is 7.60. The molecule has 0 spiro atoms. The van der Waals surface area contributed by atoms with Gasteiger partial charge in [-0.2, -0.15) is 23.1 Å². The van der Waals surface area contributed by atoms with Crippen molar-refractivity contribution in [2.45, 2.75) is 13.1 Å². The number of carbonyl (C=O) groups is 1. The number of anilines is 4. The number of aromatic amines is 1. The molecule has 0 atom stereocenters. The highest BCUT2D eigenvalue weighted by Crippen LogP contribution is 2.25. The van der Waals surface area contributed by atoms with E-state index in [9.17, 15) is 18.0 Å². The largest absolute Gasteiger partial charge is 0.405 e. The quantitative estimate of drug-likeness (QED) is 0.555. The van der Waals surface area contributed by atoms with Gasteiger partial charge in [-0.05, 0) is 24.3 Å². The van der Waals surface area contributed by atoms with Gasteiger partial charge < -0.3 is 20.9 Å². The van der Waals surface area contributed by atoms with Crippen LogP contribution in [0.1, 0.15) is 6.92 Å². The molecule has 0 saturated heterocycles. The Kier molecular flexibility index (Phi) is 4.65. The Bertz CT molecular complexity index is 937. The number of fused-ring (bicyclic) bond motifs is 1. The standard InChI is InChI=1S/C16H15F3N6O/c1-9(26)22-10-3-2-4-11(7-10)23-15-24-13-12(5-6-20-13)14(25-15)21-8-16(17,18)19/h2-7H,8H2,1H3,(H,22,26)(H3,20,21,23,24,25). The zero-order chi connectivity index (χ0) is 18.7. The third kappa shape index (κ3) is 4.41. The van der Waals surface area contributed by atoms with Crippen LogP contribution in [0.25, 0.3) is 11.0 Å². The molecule has 2 heterocycles. The van der Waals surface area contributed by atoms with E-state index in [1.165, 1.54) is 6.92 Å². The van der Waals surface area contributed by atoms with Gasteiger partial charge in [-0.25, -0.2) is 0 Å². The zero-order valence-electron chi connectivity index (χ0n) is 13.6. The fourth-order valence-electron chi connectivity index (χ4n) is 2.32. The fourth-order valence-corrected chi connectivity index (χ4v) is 2.32. The van der Waals surface area contributed by atoms with Gasteiger partial charge in [0.1, 0.15) is 18.0 Å². The Morgan fingerprint density at radius 1 is 1.19 bits per heavy atom. The molecule has 0 aliphatic heterocycles. The summed E-state index contributed by atoms with van der Waals surface area (Å²) >= 11 is 0. The summed E-state index contributed by atoms with van der Waals surface area (Å²) in [6.07, 6.45) is -2.80. The highest BCUT2D eigenvalue weighted by molar-refractivity contribution is 5.90.